The molecule has 0 aliphatic carbocycles. The number of likely N-dealkylation sites (tertiary alicyclic amines) is 1. The van der Waals surface area contributed by atoms with Crippen LogP contribution in [0.25, 0.3) is 0 Å². The molecule has 1 rings (SSSR count). The van der Waals surface area contributed by atoms with Gasteiger partial charge in [-0.25, -0.2) is 0 Å². The third-order valence-corrected chi connectivity index (χ3v) is 2.68. The van der Waals surface area contributed by atoms with Crippen LogP contribution in [0.4, 0.5) is 0 Å². The lowest BCUT2D eigenvalue weighted by Gasteiger charge is -2.21. The Morgan fingerprint density at radius 2 is 2.17 bits per heavy atom. The first-order chi connectivity index (χ1) is 5.59. The summed E-state index contributed by atoms with van der Waals surface area (Å²) in [6.07, 6.45) is 2.13. The second-order valence-corrected chi connectivity index (χ2v) is 4.42. The molecule has 0 aromatic rings. The molecular formula is C10H21NO. The molecule has 0 spiro atoms. The van der Waals surface area contributed by atoms with Gasteiger partial charge in [0.2, 0.25) is 0 Å². The fourth-order valence-electron chi connectivity index (χ4n) is 1.80. The maximum absolute atomic E-state index is 9.39. The van der Waals surface area contributed by atoms with Gasteiger partial charge in [-0.15, -0.1) is 0 Å². The highest BCUT2D eigenvalue weighted by atomic mass is 16.3. The van der Waals surface area contributed by atoms with Crippen LogP contribution in [-0.2, 0) is 0 Å². The summed E-state index contributed by atoms with van der Waals surface area (Å²) in [7, 11) is 0. The van der Waals surface area contributed by atoms with E-state index in [2.05, 4.69) is 25.7 Å². The Morgan fingerprint density at radius 1 is 1.50 bits per heavy atom. The summed E-state index contributed by atoms with van der Waals surface area (Å²) in [6, 6.07) is 0.582. The second-order valence-electron chi connectivity index (χ2n) is 4.42. The van der Waals surface area contributed by atoms with Gasteiger partial charge in [-0.2, -0.15) is 0 Å². The average molecular weight is 171 g/mol. The summed E-state index contributed by atoms with van der Waals surface area (Å²) in [4.78, 5) is 2.39. The Bertz CT molecular complexity index is 136. The van der Waals surface area contributed by atoms with Crippen LogP contribution in [0.15, 0.2) is 0 Å². The zero-order valence-electron chi connectivity index (χ0n) is 8.45. The van der Waals surface area contributed by atoms with E-state index in [0.717, 1.165) is 25.4 Å². The van der Waals surface area contributed by atoms with Crippen molar-refractivity contribution in [2.75, 3.05) is 13.1 Å². The zero-order valence-corrected chi connectivity index (χ0v) is 8.45. The van der Waals surface area contributed by atoms with Crippen molar-refractivity contribution in [3.8, 4) is 0 Å². The summed E-state index contributed by atoms with van der Waals surface area (Å²) < 4.78 is 0. The molecule has 1 aliphatic rings. The van der Waals surface area contributed by atoms with Crippen molar-refractivity contribution in [1.82, 2.24) is 4.90 Å². The van der Waals surface area contributed by atoms with Crippen LogP contribution >= 0.6 is 0 Å². The molecule has 1 N–H and O–H groups in total. The molecule has 0 radical (unpaired) electrons. The van der Waals surface area contributed by atoms with Gasteiger partial charge in [0, 0.05) is 12.6 Å². The van der Waals surface area contributed by atoms with Gasteiger partial charge in [0.1, 0.15) is 0 Å². The fourth-order valence-corrected chi connectivity index (χ4v) is 1.80. The van der Waals surface area contributed by atoms with Crippen LogP contribution in [0.5, 0.6) is 0 Å². The number of β-amino-alcohol motifs (C(OH)–C–C–N with tert-alkyl or cyclic N) is 1. The Balaban J connectivity index is 2.23. The normalized spacial score (nSPS) is 31.8. The van der Waals surface area contributed by atoms with E-state index >= 15 is 0 Å². The Kier molecular flexibility index (Phi) is 3.53. The largest absolute Gasteiger partial charge is 0.392 e. The number of nitrogens with zero attached hydrogens (tertiary/aromatic N) is 1. The number of aliphatic hydroxyl groups is 1. The topological polar surface area (TPSA) is 23.5 Å². The van der Waals surface area contributed by atoms with Crippen molar-refractivity contribution in [2.24, 2.45) is 5.92 Å². The number of rotatable bonds is 3. The molecule has 0 saturated carbocycles. The van der Waals surface area contributed by atoms with Gasteiger partial charge in [0.25, 0.3) is 0 Å². The van der Waals surface area contributed by atoms with Crippen molar-refractivity contribution in [2.45, 2.75) is 45.8 Å². The summed E-state index contributed by atoms with van der Waals surface area (Å²) in [5, 5.41) is 9.39. The molecule has 12 heavy (non-hydrogen) atoms. The second kappa shape index (κ2) is 4.24. The summed E-state index contributed by atoms with van der Waals surface area (Å²) >= 11 is 0. The maximum Gasteiger partial charge on any atom is 0.0682 e. The molecule has 1 saturated heterocycles. The minimum atomic E-state index is -0.0767. The van der Waals surface area contributed by atoms with E-state index in [4.69, 9.17) is 0 Å². The van der Waals surface area contributed by atoms with Crippen molar-refractivity contribution < 1.29 is 5.11 Å². The van der Waals surface area contributed by atoms with E-state index in [9.17, 15) is 5.11 Å². The molecule has 1 aliphatic heterocycles. The zero-order chi connectivity index (χ0) is 9.14. The van der Waals surface area contributed by atoms with Gasteiger partial charge in [-0.3, -0.25) is 4.90 Å². The summed E-state index contributed by atoms with van der Waals surface area (Å²) in [6.45, 7) is 8.73. The van der Waals surface area contributed by atoms with Crippen molar-refractivity contribution in [1.29, 1.82) is 0 Å². The molecule has 0 amide bonds. The summed E-state index contributed by atoms with van der Waals surface area (Å²) in [5.74, 6) is 0.773. The minimum Gasteiger partial charge on any atom is -0.392 e. The van der Waals surface area contributed by atoms with Crippen molar-refractivity contribution in [3.05, 3.63) is 0 Å². The predicted octanol–water partition coefficient (Wildman–Crippen LogP) is 1.49. The molecule has 2 nitrogen and oxygen atoms in total. The number of aliphatic hydroxyl groups excluding tert-OH is 1. The molecule has 0 bridgehead atoms. The molecule has 1 heterocycles. The minimum absolute atomic E-state index is 0.0767. The van der Waals surface area contributed by atoms with Crippen LogP contribution in [0.2, 0.25) is 0 Å². The summed E-state index contributed by atoms with van der Waals surface area (Å²) in [5.41, 5.74) is 0. The lowest BCUT2D eigenvalue weighted by Crippen LogP contribution is -2.29. The van der Waals surface area contributed by atoms with E-state index in [-0.39, 0.29) is 6.10 Å². The number of hydrogen-bond acceptors (Lipinski definition) is 2. The Labute approximate surface area is 75.6 Å². The SMILES string of the molecule is CC(C)CCN1C[C@@H](O)C[C@H]1C. The van der Waals surface area contributed by atoms with Crippen molar-refractivity contribution in [3.63, 3.8) is 0 Å². The monoisotopic (exact) mass is 171 g/mol. The van der Waals surface area contributed by atoms with Crippen LogP contribution in [0, 0.1) is 5.92 Å². The van der Waals surface area contributed by atoms with E-state index in [0.29, 0.717) is 6.04 Å². The molecule has 1 fully saturated rings. The number of hydrogen-bond donors (Lipinski definition) is 1. The molecule has 0 aromatic heterocycles. The van der Waals surface area contributed by atoms with E-state index in [1.165, 1.54) is 6.42 Å². The highest BCUT2D eigenvalue weighted by Crippen LogP contribution is 2.18. The van der Waals surface area contributed by atoms with Crippen LogP contribution in [0.3, 0.4) is 0 Å². The molecule has 2 heteroatoms. The van der Waals surface area contributed by atoms with Crippen LogP contribution < -0.4 is 0 Å². The molecule has 0 unspecified atom stereocenters. The quantitative estimate of drug-likeness (QED) is 0.695. The first-order valence-electron chi connectivity index (χ1n) is 5.01. The lowest BCUT2D eigenvalue weighted by atomic mass is 10.1. The first kappa shape index (κ1) is 10.0. The molecular weight excluding hydrogens is 150 g/mol. The molecule has 0 aromatic carbocycles. The smallest absolute Gasteiger partial charge is 0.0682 e. The average Bonchev–Trinajstić information content (AvgIpc) is 2.26. The van der Waals surface area contributed by atoms with Gasteiger partial charge >= 0.3 is 0 Å². The van der Waals surface area contributed by atoms with Gasteiger partial charge in [0.05, 0.1) is 6.10 Å². The Hall–Kier alpha value is -0.0800. The van der Waals surface area contributed by atoms with Gasteiger partial charge in [-0.1, -0.05) is 13.8 Å². The highest BCUT2D eigenvalue weighted by molar-refractivity contribution is 4.81. The fraction of sp³-hybridized carbons (Fsp3) is 1.00. The highest BCUT2D eigenvalue weighted by Gasteiger charge is 2.26. The van der Waals surface area contributed by atoms with Crippen molar-refractivity contribution >= 4 is 0 Å². The predicted molar refractivity (Wildman–Crippen MR) is 51.1 cm³/mol. The maximum atomic E-state index is 9.39. The van der Waals surface area contributed by atoms with E-state index in [1.54, 1.807) is 0 Å². The van der Waals surface area contributed by atoms with E-state index in [1.807, 2.05) is 0 Å². The van der Waals surface area contributed by atoms with Crippen LogP contribution in [0.1, 0.15) is 33.6 Å². The standard InChI is InChI=1S/C10H21NO/c1-8(2)4-5-11-7-10(12)6-9(11)3/h8-10,12H,4-7H2,1-3H3/t9-,10+/m1/s1. The molecule has 72 valence electrons. The van der Waals surface area contributed by atoms with Gasteiger partial charge < -0.3 is 5.11 Å². The Morgan fingerprint density at radius 3 is 2.58 bits per heavy atom. The third kappa shape index (κ3) is 2.76. The first-order valence-corrected chi connectivity index (χ1v) is 5.01. The van der Waals surface area contributed by atoms with Crippen LogP contribution in [-0.4, -0.2) is 35.2 Å². The third-order valence-electron chi connectivity index (χ3n) is 2.68. The van der Waals surface area contributed by atoms with Gasteiger partial charge in [-0.05, 0) is 32.2 Å². The van der Waals surface area contributed by atoms with Gasteiger partial charge in [0.15, 0.2) is 0 Å². The molecule has 2 atom stereocenters. The van der Waals surface area contributed by atoms with E-state index < -0.39 is 0 Å². The lowest BCUT2D eigenvalue weighted by molar-refractivity contribution is 0.173.